The van der Waals surface area contributed by atoms with Crippen LogP contribution in [0.4, 0.5) is 13.2 Å². The molecule has 0 fully saturated rings. The van der Waals surface area contributed by atoms with E-state index in [1.807, 2.05) is 0 Å². The van der Waals surface area contributed by atoms with Crippen molar-refractivity contribution in [2.24, 2.45) is 0 Å². The molecule has 0 saturated heterocycles. The molecule has 5 nitrogen and oxygen atoms in total. The van der Waals surface area contributed by atoms with Gasteiger partial charge in [-0.15, -0.1) is 0 Å². The van der Waals surface area contributed by atoms with Gasteiger partial charge < -0.3 is 18.6 Å². The van der Waals surface area contributed by atoms with Crippen LogP contribution in [0.1, 0.15) is 11.3 Å². The van der Waals surface area contributed by atoms with E-state index >= 15 is 0 Å². The number of fused-ring (bicyclic) bond motifs is 1. The Morgan fingerprint density at radius 2 is 1.59 bits per heavy atom. The van der Waals surface area contributed by atoms with Gasteiger partial charge in [0, 0.05) is 21.7 Å². The Kier molecular flexibility index (Phi) is 6.63. The van der Waals surface area contributed by atoms with Crippen LogP contribution in [0.5, 0.6) is 23.0 Å². The molecule has 10 heteroatoms. The molecule has 0 saturated carbocycles. The van der Waals surface area contributed by atoms with Crippen molar-refractivity contribution in [2.45, 2.75) is 12.8 Å². The van der Waals surface area contributed by atoms with Crippen molar-refractivity contribution in [3.05, 3.63) is 92.3 Å². The summed E-state index contributed by atoms with van der Waals surface area (Å²) in [6.45, 7) is 0.0243. The Morgan fingerprint density at radius 3 is 2.24 bits per heavy atom. The highest BCUT2D eigenvalue weighted by molar-refractivity contribution is 6.35. The molecular weight excluding hydrogens is 496 g/mol. The van der Waals surface area contributed by atoms with Gasteiger partial charge in [0.2, 0.25) is 11.2 Å². The summed E-state index contributed by atoms with van der Waals surface area (Å²) in [7, 11) is 1.44. The van der Waals surface area contributed by atoms with Crippen LogP contribution in [0, 0.1) is 0 Å². The van der Waals surface area contributed by atoms with Crippen molar-refractivity contribution in [3.8, 4) is 23.0 Å². The molecule has 0 bridgehead atoms. The number of benzene rings is 3. The lowest BCUT2D eigenvalue weighted by Gasteiger charge is -2.14. The molecule has 0 aliphatic heterocycles. The van der Waals surface area contributed by atoms with Gasteiger partial charge in [-0.3, -0.25) is 4.79 Å². The van der Waals surface area contributed by atoms with E-state index in [9.17, 15) is 18.0 Å². The second-order valence-electron chi connectivity index (χ2n) is 7.05. The normalized spacial score (nSPS) is 11.5. The maximum Gasteiger partial charge on any atom is 0.453 e. The third-order valence-corrected chi connectivity index (χ3v) is 5.36. The minimum Gasteiger partial charge on any atom is -0.497 e. The second kappa shape index (κ2) is 9.48. The minimum atomic E-state index is -4.98. The highest BCUT2D eigenvalue weighted by Gasteiger charge is 2.40. The highest BCUT2D eigenvalue weighted by Crippen LogP contribution is 2.39. The number of hydrogen-bond donors (Lipinski definition) is 0. The first-order chi connectivity index (χ1) is 16.2. The summed E-state index contributed by atoms with van der Waals surface area (Å²) in [5.41, 5.74) is -0.664. The average Bonchev–Trinajstić information content (AvgIpc) is 2.80. The van der Waals surface area contributed by atoms with Crippen molar-refractivity contribution in [2.75, 3.05) is 7.11 Å². The van der Waals surface area contributed by atoms with Gasteiger partial charge in [-0.2, -0.15) is 13.2 Å². The first-order valence-corrected chi connectivity index (χ1v) is 10.5. The standard InChI is InChI=1S/C24H15Cl2F3O5/c1-31-15-4-6-16(7-5-15)33-22-21(30)18-9-8-17(11-20(18)34-23(22)24(27,28)29)32-12-13-2-3-14(25)10-19(13)26/h2-11H,12H2,1H3. The fourth-order valence-electron chi connectivity index (χ4n) is 3.09. The average molecular weight is 511 g/mol. The molecule has 34 heavy (non-hydrogen) atoms. The van der Waals surface area contributed by atoms with Crippen LogP contribution in [-0.4, -0.2) is 7.11 Å². The summed E-state index contributed by atoms with van der Waals surface area (Å²) >= 11 is 12.0. The molecule has 4 rings (SSSR count). The van der Waals surface area contributed by atoms with Gasteiger partial charge in [-0.25, -0.2) is 0 Å². The van der Waals surface area contributed by atoms with Crippen molar-refractivity contribution in [1.82, 2.24) is 0 Å². The molecule has 1 heterocycles. The first-order valence-electron chi connectivity index (χ1n) is 9.72. The Bertz CT molecular complexity index is 1400. The number of ether oxygens (including phenoxy) is 3. The zero-order valence-electron chi connectivity index (χ0n) is 17.4. The van der Waals surface area contributed by atoms with Gasteiger partial charge in [0.15, 0.2) is 0 Å². The van der Waals surface area contributed by atoms with E-state index in [0.29, 0.717) is 21.4 Å². The van der Waals surface area contributed by atoms with Crippen molar-refractivity contribution in [1.29, 1.82) is 0 Å². The molecule has 0 radical (unpaired) electrons. The lowest BCUT2D eigenvalue weighted by molar-refractivity contribution is -0.154. The van der Waals surface area contributed by atoms with Crippen LogP contribution < -0.4 is 19.6 Å². The molecule has 4 aromatic rings. The molecule has 3 aromatic carbocycles. The third-order valence-electron chi connectivity index (χ3n) is 4.77. The van der Waals surface area contributed by atoms with Crippen LogP contribution in [0.2, 0.25) is 10.0 Å². The van der Waals surface area contributed by atoms with E-state index in [4.69, 9.17) is 41.8 Å². The molecule has 0 N–H and O–H groups in total. The highest BCUT2D eigenvalue weighted by atomic mass is 35.5. The summed E-state index contributed by atoms with van der Waals surface area (Å²) in [5.74, 6) is -1.86. The largest absolute Gasteiger partial charge is 0.497 e. The molecule has 0 spiro atoms. The maximum absolute atomic E-state index is 13.7. The third kappa shape index (κ3) is 5.08. The number of hydrogen-bond acceptors (Lipinski definition) is 5. The minimum absolute atomic E-state index is 0.0118. The molecule has 0 atom stereocenters. The maximum atomic E-state index is 13.7. The van der Waals surface area contributed by atoms with Crippen molar-refractivity contribution in [3.63, 3.8) is 0 Å². The lowest BCUT2D eigenvalue weighted by Crippen LogP contribution is -2.15. The van der Waals surface area contributed by atoms with E-state index in [1.165, 1.54) is 49.6 Å². The van der Waals surface area contributed by atoms with E-state index in [1.54, 1.807) is 18.2 Å². The van der Waals surface area contributed by atoms with E-state index < -0.39 is 23.1 Å². The monoisotopic (exact) mass is 510 g/mol. The van der Waals surface area contributed by atoms with Gasteiger partial charge in [0.05, 0.1) is 12.5 Å². The van der Waals surface area contributed by atoms with Gasteiger partial charge in [-0.1, -0.05) is 29.3 Å². The van der Waals surface area contributed by atoms with Gasteiger partial charge in [-0.05, 0) is 48.5 Å². The topological polar surface area (TPSA) is 57.9 Å². The van der Waals surface area contributed by atoms with E-state index in [2.05, 4.69) is 0 Å². The molecule has 0 amide bonds. The summed E-state index contributed by atoms with van der Waals surface area (Å²) in [6.07, 6.45) is -4.98. The summed E-state index contributed by atoms with van der Waals surface area (Å²) in [5, 5.41) is 0.724. The molecule has 0 aliphatic carbocycles. The Balaban J connectivity index is 1.70. The fourth-order valence-corrected chi connectivity index (χ4v) is 3.55. The summed E-state index contributed by atoms with van der Waals surface area (Å²) in [6, 6.07) is 14.5. The molecular formula is C24H15Cl2F3O5. The van der Waals surface area contributed by atoms with Crippen molar-refractivity contribution < 1.29 is 31.8 Å². The van der Waals surface area contributed by atoms with Crippen molar-refractivity contribution >= 4 is 34.2 Å². The van der Waals surface area contributed by atoms with Gasteiger partial charge >= 0.3 is 6.18 Å². The molecule has 0 aliphatic rings. The molecule has 1 aromatic heterocycles. The zero-order chi connectivity index (χ0) is 24.5. The number of alkyl halides is 3. The summed E-state index contributed by atoms with van der Waals surface area (Å²) < 4.78 is 62.2. The van der Waals surface area contributed by atoms with Crippen LogP contribution in [0.3, 0.4) is 0 Å². The first kappa shape index (κ1) is 23.8. The van der Waals surface area contributed by atoms with E-state index in [-0.39, 0.29) is 29.1 Å². The SMILES string of the molecule is COc1ccc(Oc2c(C(F)(F)F)oc3cc(OCc4ccc(Cl)cc4Cl)ccc3c2=O)cc1. The van der Waals surface area contributed by atoms with Crippen LogP contribution in [0.25, 0.3) is 11.0 Å². The molecule has 0 unspecified atom stereocenters. The number of halogens is 5. The predicted molar refractivity (Wildman–Crippen MR) is 121 cm³/mol. The fraction of sp³-hybridized carbons (Fsp3) is 0.125. The quantitative estimate of drug-likeness (QED) is 0.268. The summed E-state index contributed by atoms with van der Waals surface area (Å²) in [4.78, 5) is 12.9. The Morgan fingerprint density at radius 1 is 0.912 bits per heavy atom. The number of methoxy groups -OCH3 is 1. The van der Waals surface area contributed by atoms with E-state index in [0.717, 1.165) is 0 Å². The van der Waals surface area contributed by atoms with Crippen LogP contribution in [-0.2, 0) is 12.8 Å². The Hall–Kier alpha value is -3.36. The smallest absolute Gasteiger partial charge is 0.453 e. The number of rotatable bonds is 6. The predicted octanol–water partition coefficient (Wildman–Crippen LogP) is 7.50. The second-order valence-corrected chi connectivity index (χ2v) is 7.89. The van der Waals surface area contributed by atoms with Crippen LogP contribution >= 0.6 is 23.2 Å². The van der Waals surface area contributed by atoms with Gasteiger partial charge in [0.25, 0.3) is 5.76 Å². The van der Waals surface area contributed by atoms with Crippen LogP contribution in [0.15, 0.2) is 69.9 Å². The van der Waals surface area contributed by atoms with Gasteiger partial charge in [0.1, 0.15) is 29.4 Å². The molecule has 176 valence electrons. The zero-order valence-corrected chi connectivity index (χ0v) is 18.9. The lowest BCUT2D eigenvalue weighted by atomic mass is 10.2. The Labute approximate surface area is 201 Å².